The molecule has 1 rings (SSSR count). The summed E-state index contributed by atoms with van der Waals surface area (Å²) in [6.45, 7) is 6.22. The van der Waals surface area contributed by atoms with Crippen molar-refractivity contribution in [1.82, 2.24) is 4.90 Å². The van der Waals surface area contributed by atoms with Crippen molar-refractivity contribution in [1.29, 1.82) is 0 Å². The standard InChI is InChI=1S/C13H28N2O/c1-4-5-7-12(2,14)13(16)8-6-10-15(3)11-9-13/h16H,4-11,14H2,1-3H3. The van der Waals surface area contributed by atoms with E-state index >= 15 is 0 Å². The van der Waals surface area contributed by atoms with Crippen molar-refractivity contribution in [3.05, 3.63) is 0 Å². The van der Waals surface area contributed by atoms with Crippen LogP contribution in [-0.4, -0.2) is 41.3 Å². The lowest BCUT2D eigenvalue weighted by molar-refractivity contribution is -0.0444. The molecule has 1 aliphatic rings. The van der Waals surface area contributed by atoms with Crippen LogP contribution in [0, 0.1) is 0 Å². The fourth-order valence-electron chi connectivity index (χ4n) is 2.60. The third kappa shape index (κ3) is 3.19. The van der Waals surface area contributed by atoms with Crippen LogP contribution in [0.3, 0.4) is 0 Å². The summed E-state index contributed by atoms with van der Waals surface area (Å²) >= 11 is 0. The Morgan fingerprint density at radius 3 is 2.69 bits per heavy atom. The summed E-state index contributed by atoms with van der Waals surface area (Å²) in [7, 11) is 2.12. The Kier molecular flexibility index (Phi) is 4.77. The maximum atomic E-state index is 10.8. The Morgan fingerprint density at radius 2 is 2.06 bits per heavy atom. The van der Waals surface area contributed by atoms with Gasteiger partial charge in [-0.15, -0.1) is 0 Å². The third-order valence-corrected chi connectivity index (χ3v) is 4.15. The van der Waals surface area contributed by atoms with Crippen LogP contribution in [0.5, 0.6) is 0 Å². The molecule has 0 saturated carbocycles. The number of hydrogen-bond acceptors (Lipinski definition) is 3. The van der Waals surface area contributed by atoms with Crippen molar-refractivity contribution in [2.45, 2.75) is 63.5 Å². The molecule has 0 spiro atoms. The van der Waals surface area contributed by atoms with Gasteiger partial charge < -0.3 is 15.7 Å². The second kappa shape index (κ2) is 5.48. The predicted molar refractivity (Wildman–Crippen MR) is 68.4 cm³/mol. The molecule has 0 radical (unpaired) electrons. The summed E-state index contributed by atoms with van der Waals surface area (Å²) in [4.78, 5) is 2.29. The van der Waals surface area contributed by atoms with E-state index in [2.05, 4.69) is 18.9 Å². The summed E-state index contributed by atoms with van der Waals surface area (Å²) in [6.07, 6.45) is 5.86. The molecule has 1 aliphatic heterocycles. The first-order valence-electron chi connectivity index (χ1n) is 6.61. The first-order chi connectivity index (χ1) is 7.41. The fraction of sp³-hybridized carbons (Fsp3) is 1.00. The number of aliphatic hydroxyl groups is 1. The Hall–Kier alpha value is -0.120. The Morgan fingerprint density at radius 1 is 1.38 bits per heavy atom. The van der Waals surface area contributed by atoms with Gasteiger partial charge in [0.25, 0.3) is 0 Å². The minimum Gasteiger partial charge on any atom is -0.388 e. The Labute approximate surface area is 100 Å². The average molecular weight is 228 g/mol. The molecule has 0 aromatic heterocycles. The molecule has 0 aromatic rings. The molecule has 0 aliphatic carbocycles. The highest BCUT2D eigenvalue weighted by atomic mass is 16.3. The first-order valence-corrected chi connectivity index (χ1v) is 6.61. The highest BCUT2D eigenvalue weighted by molar-refractivity contribution is 5.01. The number of nitrogens with zero attached hydrogens (tertiary/aromatic N) is 1. The van der Waals surface area contributed by atoms with Gasteiger partial charge in [0, 0.05) is 12.1 Å². The molecule has 1 saturated heterocycles. The van der Waals surface area contributed by atoms with E-state index in [9.17, 15) is 5.11 Å². The van der Waals surface area contributed by atoms with Crippen LogP contribution < -0.4 is 5.73 Å². The zero-order chi connectivity index (χ0) is 12.2. The molecule has 16 heavy (non-hydrogen) atoms. The highest BCUT2D eigenvalue weighted by Crippen LogP contribution is 2.34. The van der Waals surface area contributed by atoms with Crippen LogP contribution in [0.1, 0.15) is 52.4 Å². The number of likely N-dealkylation sites (tertiary alicyclic amines) is 1. The molecule has 2 unspecified atom stereocenters. The SMILES string of the molecule is CCCCC(C)(N)C1(O)CCCN(C)CC1. The minimum absolute atomic E-state index is 0.436. The summed E-state index contributed by atoms with van der Waals surface area (Å²) in [5.41, 5.74) is 5.25. The number of hydrogen-bond donors (Lipinski definition) is 2. The monoisotopic (exact) mass is 228 g/mol. The van der Waals surface area contributed by atoms with Crippen molar-refractivity contribution in [3.63, 3.8) is 0 Å². The molecule has 3 N–H and O–H groups in total. The zero-order valence-corrected chi connectivity index (χ0v) is 11.1. The van der Waals surface area contributed by atoms with Gasteiger partial charge in [-0.25, -0.2) is 0 Å². The molecular weight excluding hydrogens is 200 g/mol. The first kappa shape index (κ1) is 13.9. The van der Waals surface area contributed by atoms with Crippen molar-refractivity contribution in [3.8, 4) is 0 Å². The van der Waals surface area contributed by atoms with Crippen molar-refractivity contribution >= 4 is 0 Å². The van der Waals surface area contributed by atoms with Gasteiger partial charge in [0.1, 0.15) is 0 Å². The fourth-order valence-corrected chi connectivity index (χ4v) is 2.60. The van der Waals surface area contributed by atoms with Gasteiger partial charge in [-0.3, -0.25) is 0 Å². The number of unbranched alkanes of at least 4 members (excludes halogenated alkanes) is 1. The van der Waals surface area contributed by atoms with Crippen LogP contribution in [-0.2, 0) is 0 Å². The minimum atomic E-state index is -0.674. The van der Waals surface area contributed by atoms with E-state index < -0.39 is 11.1 Å². The van der Waals surface area contributed by atoms with Gasteiger partial charge in [0.05, 0.1) is 5.60 Å². The molecule has 0 aromatic carbocycles. The maximum Gasteiger partial charge on any atom is 0.0836 e. The van der Waals surface area contributed by atoms with Gasteiger partial charge in [-0.1, -0.05) is 19.8 Å². The van der Waals surface area contributed by atoms with Crippen molar-refractivity contribution in [2.75, 3.05) is 20.1 Å². The molecule has 0 amide bonds. The lowest BCUT2D eigenvalue weighted by Gasteiger charge is -2.42. The van der Waals surface area contributed by atoms with Crippen molar-refractivity contribution < 1.29 is 5.11 Å². The predicted octanol–water partition coefficient (Wildman–Crippen LogP) is 1.74. The van der Waals surface area contributed by atoms with Gasteiger partial charge in [-0.2, -0.15) is 0 Å². The second-order valence-electron chi connectivity index (χ2n) is 5.71. The smallest absolute Gasteiger partial charge is 0.0836 e. The third-order valence-electron chi connectivity index (χ3n) is 4.15. The quantitative estimate of drug-likeness (QED) is 0.770. The highest BCUT2D eigenvalue weighted by Gasteiger charge is 2.43. The molecule has 1 fully saturated rings. The van der Waals surface area contributed by atoms with E-state index in [0.29, 0.717) is 0 Å². The summed E-state index contributed by atoms with van der Waals surface area (Å²) in [6, 6.07) is 0. The molecule has 1 heterocycles. The van der Waals surface area contributed by atoms with Gasteiger partial charge in [0.2, 0.25) is 0 Å². The van der Waals surface area contributed by atoms with E-state index in [-0.39, 0.29) is 0 Å². The van der Waals surface area contributed by atoms with Crippen LogP contribution in [0.2, 0.25) is 0 Å². The van der Waals surface area contributed by atoms with Crippen LogP contribution >= 0.6 is 0 Å². The van der Waals surface area contributed by atoms with Crippen molar-refractivity contribution in [2.24, 2.45) is 5.73 Å². The Bertz CT molecular complexity index is 218. The zero-order valence-electron chi connectivity index (χ0n) is 11.1. The summed E-state index contributed by atoms with van der Waals surface area (Å²) in [5.74, 6) is 0. The molecule has 0 bridgehead atoms. The Balaban J connectivity index is 2.66. The van der Waals surface area contributed by atoms with Gasteiger partial charge >= 0.3 is 0 Å². The number of nitrogens with two attached hydrogens (primary N) is 1. The lowest BCUT2D eigenvalue weighted by Crippen LogP contribution is -2.58. The lowest BCUT2D eigenvalue weighted by atomic mass is 9.74. The largest absolute Gasteiger partial charge is 0.388 e. The normalized spacial score (nSPS) is 32.1. The second-order valence-corrected chi connectivity index (χ2v) is 5.71. The number of rotatable bonds is 4. The summed E-state index contributed by atoms with van der Waals surface area (Å²) < 4.78 is 0. The molecule has 3 heteroatoms. The molecule has 3 nitrogen and oxygen atoms in total. The van der Waals surface area contributed by atoms with Gasteiger partial charge in [-0.05, 0) is 46.2 Å². The van der Waals surface area contributed by atoms with Crippen LogP contribution in [0.15, 0.2) is 0 Å². The van der Waals surface area contributed by atoms with E-state index in [0.717, 1.165) is 51.6 Å². The topological polar surface area (TPSA) is 49.5 Å². The maximum absolute atomic E-state index is 10.8. The van der Waals surface area contributed by atoms with Crippen LogP contribution in [0.25, 0.3) is 0 Å². The van der Waals surface area contributed by atoms with E-state index in [1.54, 1.807) is 0 Å². The van der Waals surface area contributed by atoms with Gasteiger partial charge in [0.15, 0.2) is 0 Å². The van der Waals surface area contributed by atoms with E-state index in [1.807, 2.05) is 6.92 Å². The van der Waals surface area contributed by atoms with Crippen LogP contribution in [0.4, 0.5) is 0 Å². The summed E-state index contributed by atoms with van der Waals surface area (Å²) in [5, 5.41) is 10.8. The van der Waals surface area contributed by atoms with E-state index in [4.69, 9.17) is 5.73 Å². The molecule has 2 atom stereocenters. The average Bonchev–Trinajstić information content (AvgIpc) is 2.39. The van der Waals surface area contributed by atoms with E-state index in [1.165, 1.54) is 0 Å². The molecule has 96 valence electrons. The molecular formula is C13H28N2O.